The summed E-state index contributed by atoms with van der Waals surface area (Å²) in [6.07, 6.45) is 1.43. The zero-order chi connectivity index (χ0) is 16.5. The number of hydrogen-bond donors (Lipinski definition) is 1. The average Bonchev–Trinajstić information content (AvgIpc) is 3.31. The summed E-state index contributed by atoms with van der Waals surface area (Å²) in [7, 11) is 0. The molecule has 4 heterocycles. The van der Waals surface area contributed by atoms with Gasteiger partial charge in [-0.05, 0) is 11.4 Å². The van der Waals surface area contributed by atoms with Crippen LogP contribution in [0, 0.1) is 0 Å². The predicted octanol–water partition coefficient (Wildman–Crippen LogP) is 0.805. The van der Waals surface area contributed by atoms with Crippen LogP contribution >= 0.6 is 23.1 Å². The number of β-amino-alcohol motifs (C(OH)–C–C–N with tert-alkyl or cyclic N) is 1. The molecule has 1 saturated heterocycles. The van der Waals surface area contributed by atoms with Crippen molar-refractivity contribution in [3.8, 4) is 0 Å². The Morgan fingerprint density at radius 2 is 2.17 bits per heavy atom. The molecular weight excluding hydrogens is 346 g/mol. The molecule has 2 unspecified atom stereocenters. The largest absolute Gasteiger partial charge is 0.395 e. The SMILES string of the molecule is O=C1C(C(c2cccs2)N2CCN(CCO)CC2)Sc2ncnn21. The van der Waals surface area contributed by atoms with Crippen LogP contribution in [-0.2, 0) is 0 Å². The van der Waals surface area contributed by atoms with E-state index in [0.717, 1.165) is 26.2 Å². The topological polar surface area (TPSA) is 74.5 Å². The van der Waals surface area contributed by atoms with Crippen molar-refractivity contribution in [2.75, 3.05) is 39.3 Å². The average molecular weight is 365 g/mol. The second-order valence-electron chi connectivity index (χ2n) is 5.89. The number of carbonyl (C=O) groups excluding carboxylic acids is 1. The van der Waals surface area contributed by atoms with Gasteiger partial charge in [-0.3, -0.25) is 14.6 Å². The van der Waals surface area contributed by atoms with Gasteiger partial charge in [-0.15, -0.1) is 11.3 Å². The van der Waals surface area contributed by atoms with Gasteiger partial charge >= 0.3 is 0 Å². The van der Waals surface area contributed by atoms with Gasteiger partial charge in [0.15, 0.2) is 5.16 Å². The van der Waals surface area contributed by atoms with E-state index >= 15 is 0 Å². The fraction of sp³-hybridized carbons (Fsp3) is 0.533. The van der Waals surface area contributed by atoms with E-state index in [1.54, 1.807) is 11.3 Å². The quantitative estimate of drug-likeness (QED) is 0.840. The number of piperazine rings is 1. The van der Waals surface area contributed by atoms with Crippen LogP contribution in [0.1, 0.15) is 15.7 Å². The molecule has 4 rings (SSSR count). The van der Waals surface area contributed by atoms with Gasteiger partial charge in [0.25, 0.3) is 5.91 Å². The number of aliphatic hydroxyl groups excluding tert-OH is 1. The summed E-state index contributed by atoms with van der Waals surface area (Å²) in [6.45, 7) is 4.52. The normalized spacial score (nSPS) is 23.5. The maximum atomic E-state index is 12.8. The minimum atomic E-state index is -0.204. The Hall–Kier alpha value is -1.26. The highest BCUT2D eigenvalue weighted by atomic mass is 32.2. The molecule has 2 aliphatic rings. The maximum Gasteiger partial charge on any atom is 0.264 e. The van der Waals surface area contributed by atoms with Crippen molar-refractivity contribution in [3.63, 3.8) is 0 Å². The van der Waals surface area contributed by atoms with E-state index in [1.807, 2.05) is 6.07 Å². The van der Waals surface area contributed by atoms with E-state index in [9.17, 15) is 4.79 Å². The van der Waals surface area contributed by atoms with Gasteiger partial charge in [0, 0.05) is 37.6 Å². The maximum absolute atomic E-state index is 12.8. The van der Waals surface area contributed by atoms with Crippen LogP contribution in [-0.4, -0.2) is 80.2 Å². The van der Waals surface area contributed by atoms with Gasteiger partial charge in [0.2, 0.25) is 0 Å². The van der Waals surface area contributed by atoms with Gasteiger partial charge in [0.05, 0.1) is 12.6 Å². The summed E-state index contributed by atoms with van der Waals surface area (Å²) >= 11 is 3.21. The van der Waals surface area contributed by atoms with Crippen LogP contribution < -0.4 is 0 Å². The van der Waals surface area contributed by atoms with Crippen LogP contribution in [0.2, 0.25) is 0 Å². The zero-order valence-electron chi connectivity index (χ0n) is 13.1. The molecule has 1 fully saturated rings. The Labute approximate surface area is 148 Å². The molecule has 2 aromatic rings. The molecule has 128 valence electrons. The molecule has 0 aromatic carbocycles. The number of hydrogen-bond acceptors (Lipinski definition) is 8. The van der Waals surface area contributed by atoms with Gasteiger partial charge in [-0.1, -0.05) is 17.8 Å². The molecule has 0 aliphatic carbocycles. The molecule has 0 amide bonds. The summed E-state index contributed by atoms with van der Waals surface area (Å²) in [5.41, 5.74) is 0. The van der Waals surface area contributed by atoms with Crippen molar-refractivity contribution in [1.29, 1.82) is 0 Å². The number of carbonyl (C=O) groups is 1. The summed E-state index contributed by atoms with van der Waals surface area (Å²) in [5.74, 6) is 0.0173. The van der Waals surface area contributed by atoms with Crippen molar-refractivity contribution in [1.82, 2.24) is 24.6 Å². The van der Waals surface area contributed by atoms with Gasteiger partial charge in [-0.25, -0.2) is 4.98 Å². The third kappa shape index (κ3) is 2.91. The van der Waals surface area contributed by atoms with E-state index in [-0.39, 0.29) is 23.8 Å². The van der Waals surface area contributed by atoms with Crippen molar-refractivity contribution < 1.29 is 9.90 Å². The molecule has 2 aliphatic heterocycles. The summed E-state index contributed by atoms with van der Waals surface area (Å²) in [4.78, 5) is 22.8. The lowest BCUT2D eigenvalue weighted by molar-refractivity contribution is 0.0696. The highest BCUT2D eigenvalue weighted by Gasteiger charge is 2.43. The molecule has 2 atom stereocenters. The van der Waals surface area contributed by atoms with Crippen LogP contribution in [0.25, 0.3) is 0 Å². The molecule has 2 aromatic heterocycles. The highest BCUT2D eigenvalue weighted by molar-refractivity contribution is 8.01. The molecule has 0 spiro atoms. The van der Waals surface area contributed by atoms with Gasteiger partial charge in [-0.2, -0.15) is 9.78 Å². The Morgan fingerprint density at radius 3 is 2.83 bits per heavy atom. The molecule has 7 nitrogen and oxygen atoms in total. The first-order valence-corrected chi connectivity index (χ1v) is 9.75. The second-order valence-corrected chi connectivity index (χ2v) is 7.98. The van der Waals surface area contributed by atoms with Crippen LogP contribution in [0.3, 0.4) is 0 Å². The third-order valence-corrected chi connectivity index (χ3v) is 6.68. The highest BCUT2D eigenvalue weighted by Crippen LogP contribution is 2.42. The number of aromatic nitrogens is 3. The van der Waals surface area contributed by atoms with Crippen molar-refractivity contribution >= 4 is 29.0 Å². The lowest BCUT2D eigenvalue weighted by atomic mass is 10.1. The van der Waals surface area contributed by atoms with Crippen molar-refractivity contribution in [2.45, 2.75) is 16.4 Å². The molecule has 0 saturated carbocycles. The molecule has 9 heteroatoms. The third-order valence-electron chi connectivity index (χ3n) is 4.54. The van der Waals surface area contributed by atoms with Crippen molar-refractivity contribution in [3.05, 3.63) is 28.7 Å². The zero-order valence-corrected chi connectivity index (χ0v) is 14.7. The van der Waals surface area contributed by atoms with Crippen LogP contribution in [0.4, 0.5) is 0 Å². The molecule has 0 bridgehead atoms. The fourth-order valence-corrected chi connectivity index (χ4v) is 5.54. The number of rotatable bonds is 5. The van der Waals surface area contributed by atoms with Crippen LogP contribution in [0.5, 0.6) is 0 Å². The lowest BCUT2D eigenvalue weighted by Crippen LogP contribution is -2.50. The standard InChI is InChI=1S/C15H19N5O2S2/c21-8-7-18-3-5-19(6-4-18)12(11-2-1-9-23-11)13-14(22)20-15(24-13)16-10-17-20/h1-2,9-10,12-13,21H,3-8H2. The number of aliphatic hydroxyl groups is 1. The number of thioether (sulfide) groups is 1. The Morgan fingerprint density at radius 1 is 1.33 bits per heavy atom. The molecule has 0 radical (unpaired) electrons. The first-order valence-electron chi connectivity index (χ1n) is 7.99. The van der Waals surface area contributed by atoms with Gasteiger partial charge < -0.3 is 5.11 Å². The summed E-state index contributed by atoms with van der Waals surface area (Å²) in [6, 6.07) is 4.19. The first-order chi connectivity index (χ1) is 11.8. The Kier molecular flexibility index (Phi) is 4.68. The van der Waals surface area contributed by atoms with Crippen molar-refractivity contribution in [2.24, 2.45) is 0 Å². The van der Waals surface area contributed by atoms with E-state index < -0.39 is 0 Å². The molecular formula is C15H19N5O2S2. The van der Waals surface area contributed by atoms with Crippen LogP contribution in [0.15, 0.2) is 29.0 Å². The molecule has 24 heavy (non-hydrogen) atoms. The summed E-state index contributed by atoms with van der Waals surface area (Å²) in [5, 5.41) is 15.7. The predicted molar refractivity (Wildman–Crippen MR) is 92.5 cm³/mol. The van der Waals surface area contributed by atoms with E-state index in [1.165, 1.54) is 27.6 Å². The fourth-order valence-electron chi connectivity index (χ4n) is 3.33. The minimum Gasteiger partial charge on any atom is -0.395 e. The van der Waals surface area contributed by atoms with E-state index in [2.05, 4.69) is 31.3 Å². The minimum absolute atomic E-state index is 0.0173. The Balaban J connectivity index is 1.56. The number of thiophene rings is 1. The van der Waals surface area contributed by atoms with Gasteiger partial charge in [0.1, 0.15) is 11.6 Å². The monoisotopic (exact) mass is 365 g/mol. The van der Waals surface area contributed by atoms with E-state index in [4.69, 9.17) is 5.11 Å². The smallest absolute Gasteiger partial charge is 0.264 e. The lowest BCUT2D eigenvalue weighted by Gasteiger charge is -2.40. The number of nitrogens with zero attached hydrogens (tertiary/aromatic N) is 5. The first kappa shape index (κ1) is 16.2. The number of fused-ring (bicyclic) bond motifs is 1. The second kappa shape index (κ2) is 6.93. The Bertz CT molecular complexity index is 697. The van der Waals surface area contributed by atoms with E-state index in [0.29, 0.717) is 11.7 Å². The molecule has 1 N–H and O–H groups in total. The summed E-state index contributed by atoms with van der Waals surface area (Å²) < 4.78 is 1.43.